The molecule has 0 aliphatic heterocycles. The van der Waals surface area contributed by atoms with Crippen molar-refractivity contribution in [1.29, 1.82) is 0 Å². The standard InChI is InChI=1S/C17H31N/c1-14(2)12-16-8-5-9-17(13-16)18-11-10-15-6-3-4-7-15/h6,14,16-18H,3-5,7-13H2,1-2H3. The zero-order chi connectivity index (χ0) is 12.8. The van der Waals surface area contributed by atoms with E-state index in [9.17, 15) is 0 Å². The summed E-state index contributed by atoms with van der Waals surface area (Å²) in [5.74, 6) is 1.86. The Bertz CT molecular complexity index is 267. The van der Waals surface area contributed by atoms with Crippen LogP contribution in [0.3, 0.4) is 0 Å². The van der Waals surface area contributed by atoms with Crippen LogP contribution >= 0.6 is 0 Å². The van der Waals surface area contributed by atoms with E-state index in [1.807, 2.05) is 0 Å². The van der Waals surface area contributed by atoms with Gasteiger partial charge in [0, 0.05) is 6.04 Å². The molecule has 2 aliphatic rings. The average Bonchev–Trinajstić information content (AvgIpc) is 2.82. The summed E-state index contributed by atoms with van der Waals surface area (Å²) < 4.78 is 0. The lowest BCUT2D eigenvalue weighted by Gasteiger charge is -2.31. The van der Waals surface area contributed by atoms with E-state index in [2.05, 4.69) is 25.2 Å². The van der Waals surface area contributed by atoms with Crippen LogP contribution in [0.1, 0.15) is 71.6 Å². The van der Waals surface area contributed by atoms with Crippen LogP contribution in [0.15, 0.2) is 11.6 Å². The smallest absolute Gasteiger partial charge is 0.00698 e. The van der Waals surface area contributed by atoms with Crippen LogP contribution in [0.5, 0.6) is 0 Å². The molecule has 0 spiro atoms. The maximum atomic E-state index is 3.81. The van der Waals surface area contributed by atoms with Gasteiger partial charge in [-0.25, -0.2) is 0 Å². The second-order valence-corrected chi connectivity index (χ2v) is 6.82. The van der Waals surface area contributed by atoms with Crippen LogP contribution in [0.4, 0.5) is 0 Å². The fraction of sp³-hybridized carbons (Fsp3) is 0.882. The lowest BCUT2D eigenvalue weighted by atomic mass is 9.81. The van der Waals surface area contributed by atoms with Gasteiger partial charge in [-0.05, 0) is 63.3 Å². The predicted octanol–water partition coefficient (Wildman–Crippen LogP) is 4.68. The van der Waals surface area contributed by atoms with Crippen LogP contribution in [0.25, 0.3) is 0 Å². The van der Waals surface area contributed by atoms with Gasteiger partial charge in [-0.1, -0.05) is 38.3 Å². The van der Waals surface area contributed by atoms with E-state index in [0.29, 0.717) is 0 Å². The molecule has 104 valence electrons. The minimum Gasteiger partial charge on any atom is -0.314 e. The molecule has 1 N–H and O–H groups in total. The molecule has 2 atom stereocenters. The average molecular weight is 249 g/mol. The summed E-state index contributed by atoms with van der Waals surface area (Å²) in [5, 5.41) is 3.81. The Morgan fingerprint density at radius 1 is 1.28 bits per heavy atom. The summed E-state index contributed by atoms with van der Waals surface area (Å²) in [6.45, 7) is 5.94. The highest BCUT2D eigenvalue weighted by molar-refractivity contribution is 5.07. The molecule has 1 heteroatoms. The minimum atomic E-state index is 0.810. The van der Waals surface area contributed by atoms with Crippen LogP contribution in [-0.4, -0.2) is 12.6 Å². The van der Waals surface area contributed by atoms with Gasteiger partial charge in [-0.2, -0.15) is 0 Å². The van der Waals surface area contributed by atoms with Gasteiger partial charge < -0.3 is 5.32 Å². The largest absolute Gasteiger partial charge is 0.314 e. The second kappa shape index (κ2) is 7.33. The maximum absolute atomic E-state index is 3.81. The van der Waals surface area contributed by atoms with Crippen molar-refractivity contribution in [1.82, 2.24) is 5.32 Å². The number of hydrogen-bond acceptors (Lipinski definition) is 1. The molecule has 0 bridgehead atoms. The Balaban J connectivity index is 1.62. The first-order valence-electron chi connectivity index (χ1n) is 8.15. The Morgan fingerprint density at radius 3 is 2.89 bits per heavy atom. The lowest BCUT2D eigenvalue weighted by Crippen LogP contribution is -2.35. The first-order chi connectivity index (χ1) is 8.74. The van der Waals surface area contributed by atoms with E-state index in [1.54, 1.807) is 5.57 Å². The Kier molecular flexibility index (Phi) is 5.75. The van der Waals surface area contributed by atoms with Crippen LogP contribution < -0.4 is 5.32 Å². The molecule has 2 unspecified atom stereocenters. The summed E-state index contributed by atoms with van der Waals surface area (Å²) in [7, 11) is 0. The van der Waals surface area contributed by atoms with E-state index in [0.717, 1.165) is 17.9 Å². The molecule has 0 aromatic carbocycles. The third-order valence-corrected chi connectivity index (χ3v) is 4.60. The van der Waals surface area contributed by atoms with Gasteiger partial charge in [0.1, 0.15) is 0 Å². The maximum Gasteiger partial charge on any atom is 0.00698 e. The van der Waals surface area contributed by atoms with Gasteiger partial charge in [0.2, 0.25) is 0 Å². The van der Waals surface area contributed by atoms with Crippen molar-refractivity contribution < 1.29 is 0 Å². The van der Waals surface area contributed by atoms with E-state index in [-0.39, 0.29) is 0 Å². The van der Waals surface area contributed by atoms with Gasteiger partial charge >= 0.3 is 0 Å². The van der Waals surface area contributed by atoms with Crippen molar-refractivity contribution in [2.45, 2.75) is 77.7 Å². The van der Waals surface area contributed by atoms with Gasteiger partial charge in [0.15, 0.2) is 0 Å². The topological polar surface area (TPSA) is 12.0 Å². The summed E-state index contributed by atoms with van der Waals surface area (Å²) in [5.41, 5.74) is 1.71. The van der Waals surface area contributed by atoms with Crippen molar-refractivity contribution in [3.05, 3.63) is 11.6 Å². The molecule has 0 saturated heterocycles. The molecule has 18 heavy (non-hydrogen) atoms. The third kappa shape index (κ3) is 4.76. The molecule has 1 nitrogen and oxygen atoms in total. The molecule has 0 radical (unpaired) electrons. The van der Waals surface area contributed by atoms with E-state index in [4.69, 9.17) is 0 Å². The molecular weight excluding hydrogens is 218 g/mol. The van der Waals surface area contributed by atoms with Crippen molar-refractivity contribution in [3.8, 4) is 0 Å². The van der Waals surface area contributed by atoms with Crippen LogP contribution in [0, 0.1) is 11.8 Å². The van der Waals surface area contributed by atoms with Gasteiger partial charge in [0.25, 0.3) is 0 Å². The number of nitrogens with one attached hydrogen (secondary N) is 1. The third-order valence-electron chi connectivity index (χ3n) is 4.60. The molecule has 2 rings (SSSR count). The fourth-order valence-electron chi connectivity index (χ4n) is 3.76. The van der Waals surface area contributed by atoms with Gasteiger partial charge in [-0.15, -0.1) is 0 Å². The SMILES string of the molecule is CC(C)CC1CCCC(NCCC2=CCCC2)C1. The normalized spacial score (nSPS) is 28.7. The molecule has 2 aliphatic carbocycles. The molecule has 0 heterocycles. The minimum absolute atomic E-state index is 0.810. The molecule has 1 saturated carbocycles. The highest BCUT2D eigenvalue weighted by Crippen LogP contribution is 2.29. The molecule has 0 aromatic rings. The first kappa shape index (κ1) is 14.1. The van der Waals surface area contributed by atoms with E-state index in [1.165, 1.54) is 64.3 Å². The Hall–Kier alpha value is -0.300. The fourth-order valence-corrected chi connectivity index (χ4v) is 3.76. The van der Waals surface area contributed by atoms with Crippen LogP contribution in [0.2, 0.25) is 0 Å². The van der Waals surface area contributed by atoms with Gasteiger partial charge in [-0.3, -0.25) is 0 Å². The quantitative estimate of drug-likeness (QED) is 0.674. The number of allylic oxidation sites excluding steroid dienone is 1. The Morgan fingerprint density at radius 2 is 2.17 bits per heavy atom. The van der Waals surface area contributed by atoms with Gasteiger partial charge in [0.05, 0.1) is 0 Å². The van der Waals surface area contributed by atoms with E-state index < -0.39 is 0 Å². The van der Waals surface area contributed by atoms with Crippen molar-refractivity contribution >= 4 is 0 Å². The summed E-state index contributed by atoms with van der Waals surface area (Å²) in [4.78, 5) is 0. The molecule has 1 fully saturated rings. The number of rotatable bonds is 6. The monoisotopic (exact) mass is 249 g/mol. The van der Waals surface area contributed by atoms with E-state index >= 15 is 0 Å². The first-order valence-corrected chi connectivity index (χ1v) is 8.15. The summed E-state index contributed by atoms with van der Waals surface area (Å²) in [6.07, 6.45) is 15.0. The van der Waals surface area contributed by atoms with Crippen molar-refractivity contribution in [3.63, 3.8) is 0 Å². The highest BCUT2D eigenvalue weighted by Gasteiger charge is 2.22. The zero-order valence-electron chi connectivity index (χ0n) is 12.4. The molecule has 0 aromatic heterocycles. The summed E-state index contributed by atoms with van der Waals surface area (Å²) >= 11 is 0. The summed E-state index contributed by atoms with van der Waals surface area (Å²) in [6, 6.07) is 0.810. The van der Waals surface area contributed by atoms with Crippen molar-refractivity contribution in [2.75, 3.05) is 6.54 Å². The second-order valence-electron chi connectivity index (χ2n) is 6.82. The highest BCUT2D eigenvalue weighted by atomic mass is 14.9. The molecular formula is C17H31N. The Labute approximate surface area is 113 Å². The van der Waals surface area contributed by atoms with Crippen LogP contribution in [-0.2, 0) is 0 Å². The number of hydrogen-bond donors (Lipinski definition) is 1. The van der Waals surface area contributed by atoms with Crippen molar-refractivity contribution in [2.24, 2.45) is 11.8 Å². The predicted molar refractivity (Wildman–Crippen MR) is 79.8 cm³/mol. The lowest BCUT2D eigenvalue weighted by molar-refractivity contribution is 0.253. The zero-order valence-corrected chi connectivity index (χ0v) is 12.4. The molecule has 0 amide bonds.